The maximum atomic E-state index is 12.4. The van der Waals surface area contributed by atoms with Gasteiger partial charge in [0, 0.05) is 22.8 Å². The lowest BCUT2D eigenvalue weighted by Crippen LogP contribution is -2.41. The Morgan fingerprint density at radius 2 is 1.92 bits per heavy atom. The summed E-state index contributed by atoms with van der Waals surface area (Å²) in [5.74, 6) is -0.0336. The van der Waals surface area contributed by atoms with Gasteiger partial charge >= 0.3 is 0 Å². The number of hydrogen-bond acceptors (Lipinski definition) is 6. The Labute approximate surface area is 162 Å². The summed E-state index contributed by atoms with van der Waals surface area (Å²) in [6.45, 7) is 8.77. The van der Waals surface area contributed by atoms with Gasteiger partial charge in [0.05, 0.1) is 18.8 Å². The lowest BCUT2D eigenvalue weighted by atomic mass is 10.2. The smallest absolute Gasteiger partial charge is 0.239 e. The highest BCUT2D eigenvalue weighted by Crippen LogP contribution is 2.17. The van der Waals surface area contributed by atoms with E-state index >= 15 is 0 Å². The summed E-state index contributed by atoms with van der Waals surface area (Å²) in [6, 6.07) is 3.91. The molecule has 0 aromatic carbocycles. The van der Waals surface area contributed by atoms with Gasteiger partial charge in [-0.15, -0.1) is 11.3 Å². The predicted molar refractivity (Wildman–Crippen MR) is 105 cm³/mol. The number of likely N-dealkylation sites (N-methyl/N-ethyl adjacent to an activating group) is 1. The molecule has 0 aliphatic heterocycles. The van der Waals surface area contributed by atoms with Crippen LogP contribution in [-0.4, -0.2) is 45.5 Å². The van der Waals surface area contributed by atoms with Crippen LogP contribution >= 0.6 is 23.1 Å². The van der Waals surface area contributed by atoms with Crippen LogP contribution in [0.1, 0.15) is 28.8 Å². The fraction of sp³-hybridized carbons (Fsp3) is 0.444. The SMILES string of the molecule is CCN(CC(=O)NCc1cccs1)C(=O)CSc1nc(C)c(C)c(C)n1. The van der Waals surface area contributed by atoms with Crippen LogP contribution in [0.2, 0.25) is 0 Å². The van der Waals surface area contributed by atoms with Gasteiger partial charge in [-0.2, -0.15) is 0 Å². The summed E-state index contributed by atoms with van der Waals surface area (Å²) in [5.41, 5.74) is 2.92. The van der Waals surface area contributed by atoms with Gasteiger partial charge in [-0.3, -0.25) is 9.59 Å². The van der Waals surface area contributed by atoms with Crippen molar-refractivity contribution < 1.29 is 9.59 Å². The number of hydrogen-bond donors (Lipinski definition) is 1. The molecule has 0 saturated heterocycles. The number of carbonyl (C=O) groups is 2. The van der Waals surface area contributed by atoms with Crippen LogP contribution in [0.3, 0.4) is 0 Å². The lowest BCUT2D eigenvalue weighted by Gasteiger charge is -2.20. The van der Waals surface area contributed by atoms with Crippen molar-refractivity contribution in [2.45, 2.75) is 39.4 Å². The molecule has 0 spiro atoms. The maximum Gasteiger partial charge on any atom is 0.239 e. The molecule has 0 unspecified atom stereocenters. The molecule has 1 N–H and O–H groups in total. The van der Waals surface area contributed by atoms with Crippen LogP contribution in [0.5, 0.6) is 0 Å². The van der Waals surface area contributed by atoms with Crippen molar-refractivity contribution in [1.29, 1.82) is 0 Å². The van der Waals surface area contributed by atoms with Crippen molar-refractivity contribution >= 4 is 34.9 Å². The van der Waals surface area contributed by atoms with Gasteiger partial charge in [-0.1, -0.05) is 17.8 Å². The van der Waals surface area contributed by atoms with Crippen molar-refractivity contribution in [3.8, 4) is 0 Å². The van der Waals surface area contributed by atoms with E-state index < -0.39 is 0 Å². The molecule has 6 nitrogen and oxygen atoms in total. The van der Waals surface area contributed by atoms with Crippen LogP contribution < -0.4 is 5.32 Å². The summed E-state index contributed by atoms with van der Waals surface area (Å²) in [7, 11) is 0. The van der Waals surface area contributed by atoms with Gasteiger partial charge in [0.15, 0.2) is 5.16 Å². The number of carbonyl (C=O) groups excluding carboxylic acids is 2. The predicted octanol–water partition coefficient (Wildman–Crippen LogP) is 2.72. The number of nitrogens with one attached hydrogen (secondary N) is 1. The van der Waals surface area contributed by atoms with E-state index in [0.717, 1.165) is 21.8 Å². The van der Waals surface area contributed by atoms with E-state index in [-0.39, 0.29) is 24.1 Å². The van der Waals surface area contributed by atoms with E-state index in [1.165, 1.54) is 11.8 Å². The molecule has 0 saturated carbocycles. The maximum absolute atomic E-state index is 12.4. The fourth-order valence-electron chi connectivity index (χ4n) is 2.23. The molecular formula is C18H24N4O2S2. The Morgan fingerprint density at radius 3 is 2.50 bits per heavy atom. The second-order valence-corrected chi connectivity index (χ2v) is 7.83. The normalized spacial score (nSPS) is 10.6. The monoisotopic (exact) mass is 392 g/mol. The number of aromatic nitrogens is 2. The Balaban J connectivity index is 1.84. The minimum absolute atomic E-state index is 0.0636. The molecule has 0 aliphatic rings. The number of nitrogens with zero attached hydrogens (tertiary/aromatic N) is 3. The first-order chi connectivity index (χ1) is 12.4. The highest BCUT2D eigenvalue weighted by molar-refractivity contribution is 7.99. The van der Waals surface area contributed by atoms with Gasteiger partial charge in [0.25, 0.3) is 0 Å². The third kappa shape index (κ3) is 5.81. The quantitative estimate of drug-likeness (QED) is 0.552. The van der Waals surface area contributed by atoms with Gasteiger partial charge < -0.3 is 10.2 Å². The first-order valence-electron chi connectivity index (χ1n) is 8.42. The molecule has 2 amide bonds. The van der Waals surface area contributed by atoms with E-state index in [4.69, 9.17) is 0 Å². The van der Waals surface area contributed by atoms with Gasteiger partial charge in [-0.05, 0) is 44.7 Å². The highest BCUT2D eigenvalue weighted by atomic mass is 32.2. The first-order valence-corrected chi connectivity index (χ1v) is 10.3. The molecule has 0 fully saturated rings. The molecule has 8 heteroatoms. The lowest BCUT2D eigenvalue weighted by molar-refractivity contribution is -0.133. The Bertz CT molecular complexity index is 740. The minimum atomic E-state index is -0.156. The molecule has 2 aromatic rings. The van der Waals surface area contributed by atoms with Crippen LogP contribution in [-0.2, 0) is 16.1 Å². The minimum Gasteiger partial charge on any atom is -0.350 e. The zero-order valence-electron chi connectivity index (χ0n) is 15.5. The van der Waals surface area contributed by atoms with E-state index in [0.29, 0.717) is 18.2 Å². The average molecular weight is 393 g/mol. The van der Waals surface area contributed by atoms with Crippen molar-refractivity contribution in [2.75, 3.05) is 18.8 Å². The van der Waals surface area contributed by atoms with Gasteiger partial charge in [0.2, 0.25) is 11.8 Å². The molecule has 0 bridgehead atoms. The Morgan fingerprint density at radius 1 is 1.23 bits per heavy atom. The van der Waals surface area contributed by atoms with Crippen molar-refractivity contribution in [1.82, 2.24) is 20.2 Å². The fourth-order valence-corrected chi connectivity index (χ4v) is 3.71. The standard InChI is InChI=1S/C18H24N4O2S2/c1-5-22(10-16(23)19-9-15-7-6-8-25-15)17(24)11-26-18-20-13(3)12(2)14(4)21-18/h6-8H,5,9-11H2,1-4H3,(H,19,23). The number of aryl methyl sites for hydroxylation is 2. The van der Waals surface area contributed by atoms with Crippen LogP contribution in [0, 0.1) is 20.8 Å². The van der Waals surface area contributed by atoms with Crippen LogP contribution in [0.4, 0.5) is 0 Å². The number of thioether (sulfide) groups is 1. The third-order valence-electron chi connectivity index (χ3n) is 4.05. The summed E-state index contributed by atoms with van der Waals surface area (Å²) < 4.78 is 0. The molecule has 0 atom stereocenters. The first kappa shape index (κ1) is 20.4. The largest absolute Gasteiger partial charge is 0.350 e. The molecular weight excluding hydrogens is 368 g/mol. The van der Waals surface area contributed by atoms with E-state index in [2.05, 4.69) is 15.3 Å². The summed E-state index contributed by atoms with van der Waals surface area (Å²) in [4.78, 5) is 36.0. The molecule has 26 heavy (non-hydrogen) atoms. The molecule has 2 heterocycles. The third-order valence-corrected chi connectivity index (χ3v) is 5.75. The molecule has 0 radical (unpaired) electrons. The summed E-state index contributed by atoms with van der Waals surface area (Å²) in [5, 5.41) is 5.41. The van der Waals surface area contributed by atoms with Gasteiger partial charge in [0.1, 0.15) is 0 Å². The average Bonchev–Trinajstić information content (AvgIpc) is 3.13. The highest BCUT2D eigenvalue weighted by Gasteiger charge is 2.17. The Hall–Kier alpha value is -1.93. The van der Waals surface area contributed by atoms with Crippen LogP contribution in [0.25, 0.3) is 0 Å². The second-order valence-electron chi connectivity index (χ2n) is 5.85. The van der Waals surface area contributed by atoms with Crippen LogP contribution in [0.15, 0.2) is 22.7 Å². The second kappa shape index (κ2) is 9.68. The summed E-state index contributed by atoms with van der Waals surface area (Å²) >= 11 is 2.90. The van der Waals surface area contributed by atoms with Crippen molar-refractivity contribution in [3.05, 3.63) is 39.3 Å². The number of thiophene rings is 1. The zero-order chi connectivity index (χ0) is 19.1. The van der Waals surface area contributed by atoms with Crippen molar-refractivity contribution in [2.24, 2.45) is 0 Å². The molecule has 2 aromatic heterocycles. The topological polar surface area (TPSA) is 75.2 Å². The van der Waals surface area contributed by atoms with E-state index in [1.807, 2.05) is 45.2 Å². The van der Waals surface area contributed by atoms with Crippen molar-refractivity contribution in [3.63, 3.8) is 0 Å². The van der Waals surface area contributed by atoms with Gasteiger partial charge in [-0.25, -0.2) is 9.97 Å². The summed E-state index contributed by atoms with van der Waals surface area (Å²) in [6.07, 6.45) is 0. The Kier molecular flexibility index (Phi) is 7.59. The molecule has 140 valence electrons. The molecule has 2 rings (SSSR count). The number of amides is 2. The zero-order valence-corrected chi connectivity index (χ0v) is 17.2. The van der Waals surface area contributed by atoms with E-state index in [1.54, 1.807) is 16.2 Å². The van der Waals surface area contributed by atoms with E-state index in [9.17, 15) is 9.59 Å². The molecule has 0 aliphatic carbocycles. The number of rotatable bonds is 8.